The van der Waals surface area contributed by atoms with Crippen LogP contribution in [0.4, 0.5) is 5.69 Å². The first-order valence-corrected chi connectivity index (χ1v) is 9.97. The molecule has 1 fully saturated rings. The van der Waals surface area contributed by atoms with E-state index in [9.17, 15) is 18.0 Å². The van der Waals surface area contributed by atoms with E-state index in [0.717, 1.165) is 0 Å². The van der Waals surface area contributed by atoms with Crippen molar-refractivity contribution in [3.05, 3.63) is 48.5 Å². The predicted octanol–water partition coefficient (Wildman–Crippen LogP) is 2.02. The van der Waals surface area contributed by atoms with Crippen molar-refractivity contribution in [3.63, 3.8) is 0 Å². The lowest BCUT2D eigenvalue weighted by Gasteiger charge is -2.24. The van der Waals surface area contributed by atoms with Crippen LogP contribution in [0.1, 0.15) is 12.8 Å². The maximum atomic E-state index is 12.9. The fraction of sp³-hybridized carbons (Fsp3) is 0.263. The first-order chi connectivity index (χ1) is 13.4. The third-order valence-corrected chi connectivity index (χ3v) is 6.23. The summed E-state index contributed by atoms with van der Waals surface area (Å²) in [5, 5.41) is 2.65. The molecule has 2 amide bonds. The number of carbonyl (C=O) groups excluding carboxylic acids is 2. The first-order valence-electron chi connectivity index (χ1n) is 8.53. The Morgan fingerprint density at radius 2 is 1.68 bits per heavy atom. The zero-order valence-electron chi connectivity index (χ0n) is 15.4. The number of nitrogens with zero attached hydrogens (tertiary/aromatic N) is 1. The van der Waals surface area contributed by atoms with Gasteiger partial charge in [-0.05, 0) is 18.6 Å². The summed E-state index contributed by atoms with van der Waals surface area (Å²) < 4.78 is 36.8. The second-order valence-electron chi connectivity index (χ2n) is 6.15. The van der Waals surface area contributed by atoms with Gasteiger partial charge in [0.25, 0.3) is 10.0 Å². The second-order valence-corrected chi connectivity index (χ2v) is 7.97. The maximum absolute atomic E-state index is 12.9. The van der Waals surface area contributed by atoms with Crippen LogP contribution in [0.2, 0.25) is 0 Å². The lowest BCUT2D eigenvalue weighted by molar-refractivity contribution is -0.128. The fourth-order valence-corrected chi connectivity index (χ4v) is 4.64. The van der Waals surface area contributed by atoms with Crippen LogP contribution in [0.15, 0.2) is 53.4 Å². The molecule has 0 saturated carbocycles. The van der Waals surface area contributed by atoms with Crippen molar-refractivity contribution in [1.82, 2.24) is 4.31 Å². The zero-order valence-corrected chi connectivity index (χ0v) is 16.2. The van der Waals surface area contributed by atoms with Gasteiger partial charge in [-0.25, -0.2) is 12.7 Å². The van der Waals surface area contributed by atoms with Gasteiger partial charge >= 0.3 is 0 Å². The van der Waals surface area contributed by atoms with Gasteiger partial charge in [0.15, 0.2) is 0 Å². The molecule has 1 saturated heterocycles. The van der Waals surface area contributed by atoms with E-state index in [1.54, 1.807) is 36.4 Å². The number of methoxy groups -OCH3 is 2. The number of anilines is 1. The van der Waals surface area contributed by atoms with Crippen LogP contribution in [-0.2, 0) is 19.6 Å². The highest BCUT2D eigenvalue weighted by Gasteiger charge is 2.44. The quantitative estimate of drug-likeness (QED) is 0.790. The Morgan fingerprint density at radius 1 is 1.07 bits per heavy atom. The molecule has 9 heteroatoms. The highest BCUT2D eigenvalue weighted by molar-refractivity contribution is 7.89. The van der Waals surface area contributed by atoms with E-state index in [1.807, 2.05) is 0 Å². The molecular formula is C19H20N2O6S. The van der Waals surface area contributed by atoms with E-state index in [4.69, 9.17) is 9.47 Å². The van der Waals surface area contributed by atoms with Gasteiger partial charge in [0.2, 0.25) is 11.8 Å². The molecule has 1 aliphatic rings. The third kappa shape index (κ3) is 3.79. The predicted molar refractivity (Wildman–Crippen MR) is 102 cm³/mol. The van der Waals surface area contributed by atoms with Gasteiger partial charge < -0.3 is 14.8 Å². The molecule has 8 nitrogen and oxygen atoms in total. The summed E-state index contributed by atoms with van der Waals surface area (Å²) in [7, 11) is -1.17. The maximum Gasteiger partial charge on any atom is 0.267 e. The molecule has 0 unspecified atom stereocenters. The highest BCUT2D eigenvalue weighted by Crippen LogP contribution is 2.30. The number of hydrogen-bond donors (Lipinski definition) is 1. The van der Waals surface area contributed by atoms with Crippen LogP contribution in [0.5, 0.6) is 11.5 Å². The summed E-state index contributed by atoms with van der Waals surface area (Å²) in [6.07, 6.45) is 0.0867. The van der Waals surface area contributed by atoms with E-state index in [-0.39, 0.29) is 17.7 Å². The Morgan fingerprint density at radius 3 is 2.25 bits per heavy atom. The molecule has 3 rings (SSSR count). The van der Waals surface area contributed by atoms with Crippen LogP contribution < -0.4 is 14.8 Å². The number of benzene rings is 2. The highest BCUT2D eigenvalue weighted by atomic mass is 32.2. The van der Waals surface area contributed by atoms with Gasteiger partial charge in [0.05, 0.1) is 19.1 Å². The summed E-state index contributed by atoms with van der Waals surface area (Å²) in [6, 6.07) is 11.2. The lowest BCUT2D eigenvalue weighted by Crippen LogP contribution is -2.45. The summed E-state index contributed by atoms with van der Waals surface area (Å²) in [6.45, 7) is 0. The number of rotatable bonds is 6. The minimum atomic E-state index is -4.13. The SMILES string of the molecule is COc1cc(NC(=O)[C@H]2CCC(=O)N2S(=O)(=O)c2ccccc2)cc(OC)c1. The molecule has 1 N–H and O–H groups in total. The smallest absolute Gasteiger partial charge is 0.267 e. The minimum Gasteiger partial charge on any atom is -0.497 e. The van der Waals surface area contributed by atoms with Gasteiger partial charge in [0, 0.05) is 30.3 Å². The van der Waals surface area contributed by atoms with Crippen LogP contribution in [-0.4, -0.2) is 44.8 Å². The molecule has 0 spiro atoms. The van der Waals surface area contributed by atoms with Gasteiger partial charge in [-0.2, -0.15) is 0 Å². The number of amides is 2. The fourth-order valence-electron chi connectivity index (χ4n) is 3.01. The van der Waals surface area contributed by atoms with Crippen molar-refractivity contribution in [3.8, 4) is 11.5 Å². The molecular weight excluding hydrogens is 384 g/mol. The molecule has 28 heavy (non-hydrogen) atoms. The average molecular weight is 404 g/mol. The van der Waals surface area contributed by atoms with Crippen molar-refractivity contribution in [2.45, 2.75) is 23.8 Å². The molecule has 148 valence electrons. The van der Waals surface area contributed by atoms with Gasteiger partial charge in [0.1, 0.15) is 17.5 Å². The van der Waals surface area contributed by atoms with Gasteiger partial charge in [-0.15, -0.1) is 0 Å². The lowest BCUT2D eigenvalue weighted by atomic mass is 10.2. The Kier molecular flexibility index (Phi) is 5.55. The molecule has 2 aromatic carbocycles. The van der Waals surface area contributed by atoms with Crippen LogP contribution in [0.25, 0.3) is 0 Å². The molecule has 1 atom stereocenters. The van der Waals surface area contributed by atoms with Crippen molar-refractivity contribution in [2.75, 3.05) is 19.5 Å². The topological polar surface area (TPSA) is 102 Å². The second kappa shape index (κ2) is 7.89. The first kappa shape index (κ1) is 19.7. The number of sulfonamides is 1. The molecule has 2 aromatic rings. The Hall–Kier alpha value is -3.07. The van der Waals surface area contributed by atoms with Crippen LogP contribution >= 0.6 is 0 Å². The van der Waals surface area contributed by atoms with Crippen molar-refractivity contribution in [1.29, 1.82) is 0 Å². The van der Waals surface area contributed by atoms with Crippen LogP contribution in [0.3, 0.4) is 0 Å². The average Bonchev–Trinajstić information content (AvgIpc) is 3.10. The summed E-state index contributed by atoms with van der Waals surface area (Å²) in [5.74, 6) is -0.273. The molecule has 0 radical (unpaired) electrons. The summed E-state index contributed by atoms with van der Waals surface area (Å²) in [5.41, 5.74) is 0.373. The minimum absolute atomic E-state index is 0.0222. The number of ether oxygens (including phenoxy) is 2. The van der Waals surface area contributed by atoms with Gasteiger partial charge in [-0.1, -0.05) is 18.2 Å². The molecule has 0 aromatic heterocycles. The number of hydrogen-bond acceptors (Lipinski definition) is 6. The largest absolute Gasteiger partial charge is 0.497 e. The monoisotopic (exact) mass is 404 g/mol. The molecule has 0 bridgehead atoms. The molecule has 0 aliphatic carbocycles. The molecule has 1 heterocycles. The summed E-state index contributed by atoms with van der Waals surface area (Å²) in [4.78, 5) is 25.1. The van der Waals surface area contributed by atoms with Crippen molar-refractivity contribution < 1.29 is 27.5 Å². The van der Waals surface area contributed by atoms with Crippen molar-refractivity contribution in [2.24, 2.45) is 0 Å². The van der Waals surface area contributed by atoms with Crippen LogP contribution in [0, 0.1) is 0 Å². The standard InChI is InChI=1S/C19H20N2O6S/c1-26-14-10-13(11-15(12-14)27-2)20-19(23)17-8-9-18(22)21(17)28(24,25)16-6-4-3-5-7-16/h3-7,10-12,17H,8-9H2,1-2H3,(H,20,23)/t17-/m1/s1. The van der Waals surface area contributed by atoms with Crippen molar-refractivity contribution >= 4 is 27.5 Å². The Bertz CT molecular complexity index is 968. The number of nitrogens with one attached hydrogen (secondary N) is 1. The van der Waals surface area contributed by atoms with Gasteiger partial charge in [-0.3, -0.25) is 9.59 Å². The van der Waals surface area contributed by atoms with E-state index in [2.05, 4.69) is 5.32 Å². The normalized spacial score (nSPS) is 16.7. The van der Waals surface area contributed by atoms with E-state index < -0.39 is 27.9 Å². The Labute approximate surface area is 163 Å². The van der Waals surface area contributed by atoms with E-state index in [0.29, 0.717) is 21.5 Å². The molecule has 1 aliphatic heterocycles. The van der Waals surface area contributed by atoms with E-state index >= 15 is 0 Å². The van der Waals surface area contributed by atoms with E-state index in [1.165, 1.54) is 26.4 Å². The third-order valence-electron chi connectivity index (χ3n) is 4.38. The zero-order chi connectivity index (χ0) is 20.3. The Balaban J connectivity index is 1.88. The number of carbonyl (C=O) groups is 2. The summed E-state index contributed by atoms with van der Waals surface area (Å²) >= 11 is 0.